The smallest absolute Gasteiger partial charge is 0.259 e. The first-order chi connectivity index (χ1) is 6.54. The molecule has 2 fully saturated rings. The van der Waals surface area contributed by atoms with Gasteiger partial charge in [-0.1, -0.05) is 0 Å². The van der Waals surface area contributed by atoms with Crippen molar-refractivity contribution >= 4 is 5.78 Å². The summed E-state index contributed by atoms with van der Waals surface area (Å²) in [5.74, 6) is -3.15. The van der Waals surface area contributed by atoms with E-state index in [0.29, 0.717) is 25.7 Å². The molecule has 80 valence electrons. The topological polar surface area (TPSA) is 26.3 Å². The van der Waals surface area contributed by atoms with Crippen LogP contribution in [0.3, 0.4) is 0 Å². The lowest BCUT2D eigenvalue weighted by Crippen LogP contribution is -2.20. The Morgan fingerprint density at radius 3 is 2.50 bits per heavy atom. The molecule has 0 N–H and O–H groups in total. The fraction of sp³-hybridized carbons (Fsp3) is 0.900. The highest BCUT2D eigenvalue weighted by Crippen LogP contribution is 2.71. The van der Waals surface area contributed by atoms with Crippen LogP contribution in [-0.2, 0) is 9.53 Å². The van der Waals surface area contributed by atoms with Crippen LogP contribution in [0.1, 0.15) is 25.7 Å². The zero-order chi connectivity index (χ0) is 10.4. The zero-order valence-corrected chi connectivity index (χ0v) is 8.19. The monoisotopic (exact) mass is 204 g/mol. The Kier molecular flexibility index (Phi) is 2.14. The van der Waals surface area contributed by atoms with E-state index in [2.05, 4.69) is 0 Å². The van der Waals surface area contributed by atoms with Crippen LogP contribution in [0.25, 0.3) is 0 Å². The summed E-state index contributed by atoms with van der Waals surface area (Å²) in [6, 6.07) is 0. The molecule has 1 atom stereocenters. The Morgan fingerprint density at radius 2 is 2.00 bits per heavy atom. The number of alkyl halides is 2. The molecule has 0 radical (unpaired) electrons. The molecule has 2 nitrogen and oxygen atoms in total. The molecule has 0 aliphatic heterocycles. The van der Waals surface area contributed by atoms with Crippen LogP contribution in [-0.4, -0.2) is 25.4 Å². The van der Waals surface area contributed by atoms with Crippen molar-refractivity contribution in [1.29, 1.82) is 0 Å². The van der Waals surface area contributed by atoms with Crippen molar-refractivity contribution in [1.82, 2.24) is 0 Å². The quantitative estimate of drug-likeness (QED) is 0.688. The summed E-state index contributed by atoms with van der Waals surface area (Å²) in [5.41, 5.74) is -0.906. The molecule has 0 aromatic carbocycles. The lowest BCUT2D eigenvalue weighted by atomic mass is 9.83. The summed E-state index contributed by atoms with van der Waals surface area (Å²) in [6.07, 6.45) is 1.31. The lowest BCUT2D eigenvalue weighted by molar-refractivity contribution is -0.122. The number of halogens is 2. The van der Waals surface area contributed by atoms with E-state index in [0.717, 1.165) is 0 Å². The van der Waals surface area contributed by atoms with Crippen molar-refractivity contribution in [3.63, 3.8) is 0 Å². The van der Waals surface area contributed by atoms with Gasteiger partial charge in [0.1, 0.15) is 5.78 Å². The second-order valence-electron chi connectivity index (χ2n) is 4.33. The van der Waals surface area contributed by atoms with Gasteiger partial charge >= 0.3 is 0 Å². The van der Waals surface area contributed by atoms with E-state index in [4.69, 9.17) is 4.74 Å². The van der Waals surface area contributed by atoms with E-state index in [1.165, 1.54) is 7.11 Å². The zero-order valence-electron chi connectivity index (χ0n) is 8.19. The van der Waals surface area contributed by atoms with Crippen molar-refractivity contribution in [3.8, 4) is 0 Å². The van der Waals surface area contributed by atoms with Gasteiger partial charge in [-0.15, -0.1) is 0 Å². The Morgan fingerprint density at radius 1 is 1.43 bits per heavy atom. The Balaban J connectivity index is 2.07. The number of ether oxygens (including phenoxy) is 1. The van der Waals surface area contributed by atoms with Crippen molar-refractivity contribution in [2.24, 2.45) is 11.3 Å². The molecule has 0 bridgehead atoms. The number of ketones is 1. The maximum absolute atomic E-state index is 13.5. The van der Waals surface area contributed by atoms with Crippen molar-refractivity contribution in [2.75, 3.05) is 13.7 Å². The second-order valence-corrected chi connectivity index (χ2v) is 4.33. The van der Waals surface area contributed by atoms with Crippen LogP contribution < -0.4 is 0 Å². The number of rotatable bonds is 2. The Bertz CT molecular complexity index is 253. The molecule has 0 aromatic heterocycles. The number of Topliss-reactive ketones (excluding diaryl/α,β-unsaturated/α-hetero) is 1. The van der Waals surface area contributed by atoms with Gasteiger partial charge in [-0.2, -0.15) is 0 Å². The van der Waals surface area contributed by atoms with Crippen LogP contribution in [0, 0.1) is 11.3 Å². The van der Waals surface area contributed by atoms with Crippen molar-refractivity contribution in [3.05, 3.63) is 0 Å². The van der Waals surface area contributed by atoms with Crippen LogP contribution in [0.15, 0.2) is 0 Å². The third kappa shape index (κ3) is 1.13. The minimum absolute atomic E-state index is 0.112. The fourth-order valence-electron chi connectivity index (χ4n) is 2.68. The van der Waals surface area contributed by atoms with Gasteiger partial charge in [0.15, 0.2) is 0 Å². The third-order valence-electron chi connectivity index (χ3n) is 3.72. The first kappa shape index (κ1) is 10.0. The van der Waals surface area contributed by atoms with E-state index in [1.807, 2.05) is 0 Å². The average Bonchev–Trinajstić information content (AvgIpc) is 2.58. The standard InChI is InChI=1S/C10H14F2O2/c1-14-6-8-9(10(8,11)12)4-2-7(13)3-5-9/h8H,2-6H2,1H3. The van der Waals surface area contributed by atoms with Gasteiger partial charge in [0.05, 0.1) is 12.5 Å². The average molecular weight is 204 g/mol. The molecule has 0 amide bonds. The highest BCUT2D eigenvalue weighted by atomic mass is 19.3. The Hall–Kier alpha value is -0.510. The van der Waals surface area contributed by atoms with Gasteiger partial charge < -0.3 is 4.74 Å². The van der Waals surface area contributed by atoms with E-state index in [9.17, 15) is 13.6 Å². The van der Waals surface area contributed by atoms with Gasteiger partial charge in [0, 0.05) is 25.4 Å². The number of hydrogen-bond acceptors (Lipinski definition) is 2. The molecule has 2 aliphatic carbocycles. The van der Waals surface area contributed by atoms with Crippen molar-refractivity contribution in [2.45, 2.75) is 31.6 Å². The van der Waals surface area contributed by atoms with E-state index >= 15 is 0 Å². The third-order valence-corrected chi connectivity index (χ3v) is 3.72. The highest BCUT2D eigenvalue weighted by Gasteiger charge is 2.79. The minimum atomic E-state index is -2.61. The SMILES string of the molecule is COCC1C(F)(F)C12CCC(=O)CC2. The summed E-state index contributed by atoms with van der Waals surface area (Å²) in [5, 5.41) is 0. The molecule has 0 heterocycles. The molecule has 14 heavy (non-hydrogen) atoms. The fourth-order valence-corrected chi connectivity index (χ4v) is 2.68. The van der Waals surface area contributed by atoms with Gasteiger partial charge in [-0.25, -0.2) is 8.78 Å². The van der Waals surface area contributed by atoms with Crippen LogP contribution in [0.4, 0.5) is 8.78 Å². The van der Waals surface area contributed by atoms with E-state index in [1.54, 1.807) is 0 Å². The predicted molar refractivity (Wildman–Crippen MR) is 46.2 cm³/mol. The number of methoxy groups -OCH3 is 1. The number of carbonyl (C=O) groups is 1. The largest absolute Gasteiger partial charge is 0.384 e. The van der Waals surface area contributed by atoms with Crippen LogP contribution in [0.5, 0.6) is 0 Å². The normalized spacial score (nSPS) is 33.4. The van der Waals surface area contributed by atoms with E-state index in [-0.39, 0.29) is 12.4 Å². The molecule has 0 aromatic rings. The molecule has 2 rings (SSSR count). The summed E-state index contributed by atoms with van der Waals surface area (Å²) >= 11 is 0. The minimum Gasteiger partial charge on any atom is -0.384 e. The molecule has 4 heteroatoms. The van der Waals surface area contributed by atoms with Gasteiger partial charge in [0.2, 0.25) is 0 Å². The molecule has 1 spiro atoms. The molecule has 2 aliphatic rings. The number of hydrogen-bond donors (Lipinski definition) is 0. The Labute approximate surface area is 81.6 Å². The van der Waals surface area contributed by atoms with Gasteiger partial charge in [-0.3, -0.25) is 4.79 Å². The van der Waals surface area contributed by atoms with Crippen LogP contribution in [0.2, 0.25) is 0 Å². The van der Waals surface area contributed by atoms with Crippen LogP contribution >= 0.6 is 0 Å². The lowest BCUT2D eigenvalue weighted by Gasteiger charge is -2.20. The van der Waals surface area contributed by atoms with Crippen molar-refractivity contribution < 1.29 is 18.3 Å². The second kappa shape index (κ2) is 2.99. The molecule has 1 unspecified atom stereocenters. The number of carbonyl (C=O) groups excluding carboxylic acids is 1. The van der Waals surface area contributed by atoms with Gasteiger partial charge in [-0.05, 0) is 12.8 Å². The summed E-state index contributed by atoms with van der Waals surface area (Å²) in [6.45, 7) is 0.112. The molecular weight excluding hydrogens is 190 g/mol. The molecule has 0 saturated heterocycles. The molecule has 2 saturated carbocycles. The predicted octanol–water partition coefficient (Wildman–Crippen LogP) is 2.03. The highest BCUT2D eigenvalue weighted by molar-refractivity contribution is 5.79. The maximum Gasteiger partial charge on any atom is 0.259 e. The molecular formula is C10H14F2O2. The maximum atomic E-state index is 13.5. The summed E-state index contributed by atoms with van der Waals surface area (Å²) < 4.78 is 31.7. The van der Waals surface area contributed by atoms with Gasteiger partial charge in [0.25, 0.3) is 5.92 Å². The first-order valence-electron chi connectivity index (χ1n) is 4.93. The first-order valence-corrected chi connectivity index (χ1v) is 4.93. The summed E-state index contributed by atoms with van der Waals surface area (Å²) in [4.78, 5) is 11.0. The summed E-state index contributed by atoms with van der Waals surface area (Å²) in [7, 11) is 1.44. The van der Waals surface area contributed by atoms with E-state index < -0.39 is 17.3 Å².